The molecule has 0 bridgehead atoms. The van der Waals surface area contributed by atoms with Crippen molar-refractivity contribution >= 4 is 29.3 Å². The molecule has 0 radical (unpaired) electrons. The third-order valence-electron chi connectivity index (χ3n) is 3.98. The molecule has 2 rings (SSSR count). The first-order valence-electron chi connectivity index (χ1n) is 8.51. The Labute approximate surface area is 184 Å². The molecular weight excluding hydrogens is 518 g/mol. The highest BCUT2D eigenvalue weighted by atomic mass is 31.3. The van der Waals surface area contributed by atoms with Gasteiger partial charge in [0.25, 0.3) is 0 Å². The molecule has 33 heavy (non-hydrogen) atoms. The van der Waals surface area contributed by atoms with Gasteiger partial charge in [-0.3, -0.25) is 9.09 Å². The molecular formula is C13H19FN3O13P3. The average molecular weight is 537 g/mol. The van der Waals surface area contributed by atoms with Gasteiger partial charge in [-0.05, 0) is 19.9 Å². The normalized spacial score (nSPS) is 29.0. The van der Waals surface area contributed by atoms with Crippen molar-refractivity contribution in [1.82, 2.24) is 9.55 Å². The summed E-state index contributed by atoms with van der Waals surface area (Å²) in [5, 5.41) is 10.4. The van der Waals surface area contributed by atoms with Crippen molar-refractivity contribution in [2.45, 2.75) is 38.0 Å². The van der Waals surface area contributed by atoms with Crippen LogP contribution in [0, 0.1) is 18.8 Å². The van der Waals surface area contributed by atoms with E-state index in [2.05, 4.69) is 30.0 Å². The first kappa shape index (κ1) is 27.7. The van der Waals surface area contributed by atoms with Crippen LogP contribution in [0.4, 0.5) is 10.2 Å². The highest BCUT2D eigenvalue weighted by molar-refractivity contribution is 7.66. The number of hydrogen-bond donors (Lipinski definition) is 6. The fourth-order valence-corrected chi connectivity index (χ4v) is 5.88. The van der Waals surface area contributed by atoms with Crippen LogP contribution in [-0.2, 0) is 31.6 Å². The van der Waals surface area contributed by atoms with Gasteiger partial charge < -0.3 is 35.2 Å². The number of aliphatic hydroxyl groups excluding tert-OH is 1. The van der Waals surface area contributed by atoms with E-state index >= 15 is 4.39 Å². The summed E-state index contributed by atoms with van der Waals surface area (Å²) in [7, 11) is -17.0. The number of ether oxygens (including phenoxy) is 1. The van der Waals surface area contributed by atoms with E-state index in [-0.39, 0.29) is 11.5 Å². The van der Waals surface area contributed by atoms with Gasteiger partial charge in [0.1, 0.15) is 18.0 Å². The number of phosphoric acid groups is 3. The molecule has 1 saturated heterocycles. The molecule has 20 heteroatoms. The van der Waals surface area contributed by atoms with E-state index in [1.807, 2.05) is 0 Å². The van der Waals surface area contributed by atoms with Gasteiger partial charge in [-0.25, -0.2) is 22.9 Å². The number of aryl methyl sites for hydroxylation is 1. The van der Waals surface area contributed by atoms with E-state index in [9.17, 15) is 28.5 Å². The van der Waals surface area contributed by atoms with Crippen LogP contribution < -0.4 is 11.4 Å². The van der Waals surface area contributed by atoms with Gasteiger partial charge in [-0.2, -0.15) is 13.6 Å². The second-order valence-corrected chi connectivity index (χ2v) is 10.9. The van der Waals surface area contributed by atoms with Crippen LogP contribution in [0.5, 0.6) is 0 Å². The van der Waals surface area contributed by atoms with Gasteiger partial charge in [0.05, 0.1) is 6.61 Å². The number of nitrogens with zero attached hydrogens (tertiary/aromatic N) is 2. The lowest BCUT2D eigenvalue weighted by atomic mass is 9.96. The van der Waals surface area contributed by atoms with Gasteiger partial charge in [0, 0.05) is 5.69 Å². The topological polar surface area (TPSA) is 250 Å². The van der Waals surface area contributed by atoms with Crippen LogP contribution in [0.2, 0.25) is 0 Å². The molecule has 1 aliphatic rings. The van der Waals surface area contributed by atoms with E-state index in [4.69, 9.17) is 25.2 Å². The molecule has 0 aromatic carbocycles. The number of aliphatic hydroxyl groups is 1. The Bertz CT molecular complexity index is 1180. The van der Waals surface area contributed by atoms with Crippen LogP contribution in [0.3, 0.4) is 0 Å². The third kappa shape index (κ3) is 6.77. The van der Waals surface area contributed by atoms with E-state index in [1.54, 1.807) is 0 Å². The van der Waals surface area contributed by atoms with Crippen LogP contribution in [0.15, 0.2) is 10.9 Å². The van der Waals surface area contributed by atoms with Crippen molar-refractivity contribution in [1.29, 1.82) is 0 Å². The maximum atomic E-state index is 15.7. The summed E-state index contributed by atoms with van der Waals surface area (Å²) >= 11 is 0. The highest BCUT2D eigenvalue weighted by Gasteiger charge is 2.59. The standard InChI is InChI=1S/C13H19FN3O13P3/c1-3-4-13(14)10(18)8(28-11(13)17-7(2)5-9(15)16-12(17)19)6-27-32(23,24)30-33(25,26)29-31(20,21)22/h5,8,10-11,18H,6H2,1-2H3,(H,23,24)(H,25,26)(H2,15,16,19)(H2,20,21,22)/t8-,10?,11-,13-/m1/s1. The van der Waals surface area contributed by atoms with E-state index in [1.165, 1.54) is 19.9 Å². The summed E-state index contributed by atoms with van der Waals surface area (Å²) in [6, 6.07) is 1.20. The van der Waals surface area contributed by atoms with E-state index in [0.717, 1.165) is 0 Å². The Balaban J connectivity index is 2.28. The lowest BCUT2D eigenvalue weighted by molar-refractivity contribution is -0.0543. The van der Waals surface area contributed by atoms with Gasteiger partial charge >= 0.3 is 29.2 Å². The molecule has 0 saturated carbocycles. The number of hydrogen-bond acceptors (Lipinski definition) is 11. The zero-order valence-electron chi connectivity index (χ0n) is 16.7. The second kappa shape index (κ2) is 9.63. The van der Waals surface area contributed by atoms with Crippen LogP contribution in [-0.4, -0.2) is 58.7 Å². The fourth-order valence-electron chi connectivity index (χ4n) is 2.85. The first-order chi connectivity index (χ1) is 14.9. The zero-order chi connectivity index (χ0) is 25.4. The highest BCUT2D eigenvalue weighted by Crippen LogP contribution is 2.66. The maximum absolute atomic E-state index is 15.7. The van der Waals surface area contributed by atoms with Crippen molar-refractivity contribution < 1.29 is 60.6 Å². The minimum absolute atomic E-state index is 0.0677. The minimum atomic E-state index is -5.79. The summed E-state index contributed by atoms with van der Waals surface area (Å²) in [6.45, 7) is 1.41. The van der Waals surface area contributed by atoms with Gasteiger partial charge in [-0.15, -0.1) is 5.92 Å². The van der Waals surface area contributed by atoms with Crippen LogP contribution >= 0.6 is 23.5 Å². The SMILES string of the molecule is CC#C[C@@]1(F)C(O)[C@@H](COP(=O)(O)OP(=O)(O)OP(=O)(O)O)O[C@H]1n1c(C)cc(N)nc1=O. The number of phosphoric ester groups is 1. The summed E-state index contributed by atoms with van der Waals surface area (Å²) in [6.07, 6.45) is -5.91. The van der Waals surface area contributed by atoms with Gasteiger partial charge in [-0.1, -0.05) is 5.92 Å². The van der Waals surface area contributed by atoms with Crippen LogP contribution in [0.1, 0.15) is 18.8 Å². The Kier molecular flexibility index (Phi) is 8.10. The van der Waals surface area contributed by atoms with Crippen molar-refractivity contribution in [3.05, 3.63) is 22.2 Å². The summed E-state index contributed by atoms with van der Waals surface area (Å²) < 4.78 is 67.0. The number of nitrogen functional groups attached to an aromatic ring is 1. The molecule has 16 nitrogen and oxygen atoms in total. The molecule has 2 heterocycles. The predicted molar refractivity (Wildman–Crippen MR) is 105 cm³/mol. The Morgan fingerprint density at radius 2 is 1.88 bits per heavy atom. The average Bonchev–Trinajstić information content (AvgIpc) is 2.81. The summed E-state index contributed by atoms with van der Waals surface area (Å²) in [5.41, 5.74) is 1.52. The molecule has 1 aromatic heterocycles. The number of alkyl halides is 1. The van der Waals surface area contributed by atoms with Crippen molar-refractivity contribution in [2.24, 2.45) is 0 Å². The number of aromatic nitrogens is 2. The van der Waals surface area contributed by atoms with Crippen LogP contribution in [0.25, 0.3) is 0 Å². The summed E-state index contributed by atoms with van der Waals surface area (Å²) in [4.78, 5) is 51.4. The summed E-state index contributed by atoms with van der Waals surface area (Å²) in [5.74, 6) is 4.10. The lowest BCUT2D eigenvalue weighted by Gasteiger charge is -2.25. The second-order valence-electron chi connectivity index (χ2n) is 6.48. The molecule has 0 spiro atoms. The number of rotatable bonds is 8. The fraction of sp³-hybridized carbons (Fsp3) is 0.538. The Morgan fingerprint density at radius 1 is 1.27 bits per heavy atom. The smallest absolute Gasteiger partial charge is 0.386 e. The molecule has 0 aliphatic carbocycles. The molecule has 7 N–H and O–H groups in total. The number of anilines is 1. The van der Waals surface area contributed by atoms with Crippen molar-refractivity contribution in [2.75, 3.05) is 12.3 Å². The number of halogens is 1. The third-order valence-corrected chi connectivity index (χ3v) is 7.78. The maximum Gasteiger partial charge on any atom is 0.490 e. The largest absolute Gasteiger partial charge is 0.490 e. The monoisotopic (exact) mass is 537 g/mol. The van der Waals surface area contributed by atoms with Gasteiger partial charge in [0.2, 0.25) is 5.67 Å². The van der Waals surface area contributed by atoms with Crippen molar-refractivity contribution in [3.8, 4) is 11.8 Å². The zero-order valence-corrected chi connectivity index (χ0v) is 19.4. The quantitative estimate of drug-likeness (QED) is 0.180. The molecule has 1 aliphatic heterocycles. The van der Waals surface area contributed by atoms with E-state index in [0.29, 0.717) is 4.57 Å². The van der Waals surface area contributed by atoms with Crippen molar-refractivity contribution in [3.63, 3.8) is 0 Å². The molecule has 6 atom stereocenters. The molecule has 0 amide bonds. The number of nitrogens with two attached hydrogens (primary N) is 1. The molecule has 1 fully saturated rings. The Hall–Kier alpha value is -1.50. The minimum Gasteiger partial charge on any atom is -0.386 e. The lowest BCUT2D eigenvalue weighted by Crippen LogP contribution is -2.45. The molecule has 186 valence electrons. The predicted octanol–water partition coefficient (Wildman–Crippen LogP) is -0.533. The van der Waals surface area contributed by atoms with Gasteiger partial charge in [0.15, 0.2) is 6.23 Å². The van der Waals surface area contributed by atoms with E-state index < -0.39 is 59.9 Å². The molecule has 3 unspecified atom stereocenters. The Morgan fingerprint density at radius 3 is 2.39 bits per heavy atom. The molecule has 1 aromatic rings. The first-order valence-corrected chi connectivity index (χ1v) is 13.0.